The highest BCUT2D eigenvalue weighted by molar-refractivity contribution is 7.92. The van der Waals surface area contributed by atoms with E-state index in [1.807, 2.05) is 30.3 Å². The van der Waals surface area contributed by atoms with Gasteiger partial charge < -0.3 is 9.30 Å². The second-order valence-corrected chi connectivity index (χ2v) is 10.2. The van der Waals surface area contributed by atoms with Crippen molar-refractivity contribution in [2.75, 3.05) is 6.26 Å². The van der Waals surface area contributed by atoms with E-state index in [-0.39, 0.29) is 18.5 Å². The summed E-state index contributed by atoms with van der Waals surface area (Å²) >= 11 is 0. The number of rotatable bonds is 9. The molecule has 2 aromatic heterocycles. The van der Waals surface area contributed by atoms with E-state index in [0.29, 0.717) is 17.9 Å². The largest absolute Gasteiger partial charge is 0.487 e. The number of carbonyl (C=O) groups excluding carboxylic acids is 1. The summed E-state index contributed by atoms with van der Waals surface area (Å²) in [4.78, 5) is 28.7. The van der Waals surface area contributed by atoms with Crippen molar-refractivity contribution in [2.45, 2.75) is 31.2 Å². The Hall–Kier alpha value is -3.50. The second kappa shape index (κ2) is 9.97. The van der Waals surface area contributed by atoms with Gasteiger partial charge in [0.2, 0.25) is 0 Å². The number of carbonyl (C=O) groups is 1. The van der Waals surface area contributed by atoms with Crippen molar-refractivity contribution in [3.05, 3.63) is 83.0 Å². The van der Waals surface area contributed by atoms with Gasteiger partial charge in [0.15, 0.2) is 14.6 Å². The van der Waals surface area contributed by atoms with E-state index >= 15 is 0 Å². The molecular formula is C23H25N3O6S. The first-order chi connectivity index (χ1) is 15.6. The number of nitrogens with zero attached hydrogens (tertiary/aromatic N) is 2. The molecule has 1 amide bonds. The molecule has 0 aliphatic rings. The molecule has 10 heteroatoms. The topological polar surface area (TPSA) is 128 Å². The lowest BCUT2D eigenvalue weighted by atomic mass is 10.1. The summed E-state index contributed by atoms with van der Waals surface area (Å²) in [6.45, 7) is 1.54. The average Bonchev–Trinajstić information content (AvgIpc) is 2.81. The van der Waals surface area contributed by atoms with Crippen LogP contribution < -0.4 is 15.8 Å². The summed E-state index contributed by atoms with van der Waals surface area (Å²) in [5.74, 6) is -0.375. The van der Waals surface area contributed by atoms with Gasteiger partial charge in [-0.1, -0.05) is 18.2 Å². The van der Waals surface area contributed by atoms with E-state index in [9.17, 15) is 18.0 Å². The van der Waals surface area contributed by atoms with Crippen LogP contribution in [0.2, 0.25) is 0 Å². The number of aromatic nitrogens is 2. The molecule has 0 bridgehead atoms. The van der Waals surface area contributed by atoms with Crippen molar-refractivity contribution in [2.24, 2.45) is 0 Å². The van der Waals surface area contributed by atoms with Crippen molar-refractivity contribution in [1.82, 2.24) is 15.0 Å². The first-order valence-corrected chi connectivity index (χ1v) is 12.0. The van der Waals surface area contributed by atoms with E-state index in [1.165, 1.54) is 23.0 Å². The number of sulfone groups is 1. The quantitative estimate of drug-likeness (QED) is 0.362. The van der Waals surface area contributed by atoms with Gasteiger partial charge in [0, 0.05) is 31.3 Å². The van der Waals surface area contributed by atoms with Crippen molar-refractivity contribution in [1.29, 1.82) is 0 Å². The first-order valence-electron chi connectivity index (χ1n) is 10.1. The molecule has 1 atom stereocenters. The molecule has 0 spiro atoms. The highest BCUT2D eigenvalue weighted by Gasteiger charge is 2.43. The summed E-state index contributed by atoms with van der Waals surface area (Å²) in [5.41, 5.74) is 3.36. The first kappa shape index (κ1) is 24.1. The third kappa shape index (κ3) is 5.65. The maximum atomic E-state index is 12.6. The summed E-state index contributed by atoms with van der Waals surface area (Å²) in [5, 5.41) is 8.91. The van der Waals surface area contributed by atoms with Crippen molar-refractivity contribution >= 4 is 15.7 Å². The molecule has 1 aromatic carbocycles. The molecular weight excluding hydrogens is 446 g/mol. The second-order valence-electron chi connectivity index (χ2n) is 7.78. The fourth-order valence-electron chi connectivity index (χ4n) is 3.18. The van der Waals surface area contributed by atoms with Gasteiger partial charge in [-0.15, -0.1) is 0 Å². The monoisotopic (exact) mass is 471 g/mol. The molecule has 0 aliphatic heterocycles. The minimum Gasteiger partial charge on any atom is -0.487 e. The van der Waals surface area contributed by atoms with Gasteiger partial charge in [-0.05, 0) is 54.8 Å². The molecule has 174 valence electrons. The molecule has 0 saturated carbocycles. The van der Waals surface area contributed by atoms with Gasteiger partial charge in [-0.25, -0.2) is 13.9 Å². The summed E-state index contributed by atoms with van der Waals surface area (Å²) < 4.78 is 29.3. The van der Waals surface area contributed by atoms with Gasteiger partial charge >= 0.3 is 0 Å². The molecule has 0 radical (unpaired) electrons. The van der Waals surface area contributed by atoms with Crippen LogP contribution in [-0.2, 0) is 27.8 Å². The predicted molar refractivity (Wildman–Crippen MR) is 123 cm³/mol. The van der Waals surface area contributed by atoms with Crippen molar-refractivity contribution in [3.63, 3.8) is 0 Å². The molecule has 33 heavy (non-hydrogen) atoms. The lowest BCUT2D eigenvalue weighted by Crippen LogP contribution is -2.49. The van der Waals surface area contributed by atoms with Crippen LogP contribution in [0.5, 0.6) is 5.75 Å². The smallest absolute Gasteiger partial charge is 0.264 e. The van der Waals surface area contributed by atoms with E-state index in [2.05, 4.69) is 4.98 Å². The zero-order valence-electron chi connectivity index (χ0n) is 18.3. The van der Waals surface area contributed by atoms with Crippen molar-refractivity contribution in [3.8, 4) is 16.9 Å². The number of amides is 1. The lowest BCUT2D eigenvalue weighted by molar-refractivity contribution is -0.131. The zero-order valence-corrected chi connectivity index (χ0v) is 19.1. The third-order valence-electron chi connectivity index (χ3n) is 5.53. The fraction of sp³-hybridized carbons (Fsp3) is 0.261. The SMILES string of the molecule is CC(CCn1ccc(-c2ccc(OCc3ccccn3)cc2)cc1=O)(C(=O)NO)S(C)(=O)=O. The normalized spacial score (nSPS) is 13.2. The molecule has 1 unspecified atom stereocenters. The van der Waals surface area contributed by atoms with Gasteiger partial charge in [0.05, 0.1) is 5.69 Å². The molecule has 3 rings (SSSR count). The van der Waals surface area contributed by atoms with Crippen LogP contribution in [0.4, 0.5) is 0 Å². The Bertz CT molecular complexity index is 1270. The van der Waals surface area contributed by atoms with Crippen LogP contribution in [0.25, 0.3) is 11.1 Å². The Morgan fingerprint density at radius 2 is 1.88 bits per heavy atom. The summed E-state index contributed by atoms with van der Waals surface area (Å²) in [6, 6.07) is 16.0. The van der Waals surface area contributed by atoms with E-state index < -0.39 is 20.5 Å². The number of pyridine rings is 2. The molecule has 3 aromatic rings. The van der Waals surface area contributed by atoms with Gasteiger partial charge in [0.25, 0.3) is 11.5 Å². The van der Waals surface area contributed by atoms with Gasteiger partial charge in [-0.3, -0.25) is 19.8 Å². The number of aryl methyl sites for hydroxylation is 1. The van der Waals surface area contributed by atoms with Crippen LogP contribution in [0.15, 0.2) is 71.8 Å². The van der Waals surface area contributed by atoms with Crippen LogP contribution in [0.3, 0.4) is 0 Å². The minimum atomic E-state index is -3.84. The summed E-state index contributed by atoms with van der Waals surface area (Å²) in [7, 11) is -3.84. The predicted octanol–water partition coefficient (Wildman–Crippen LogP) is 2.19. The number of nitrogens with one attached hydrogen (secondary N) is 1. The highest BCUT2D eigenvalue weighted by Crippen LogP contribution is 2.24. The zero-order chi connectivity index (χ0) is 24.1. The van der Waals surface area contributed by atoms with E-state index in [1.54, 1.807) is 30.6 Å². The van der Waals surface area contributed by atoms with Crippen molar-refractivity contribution < 1.29 is 23.2 Å². The Kier molecular flexibility index (Phi) is 7.29. The van der Waals surface area contributed by atoms with E-state index in [4.69, 9.17) is 9.94 Å². The average molecular weight is 472 g/mol. The number of ether oxygens (including phenoxy) is 1. The number of hydrogen-bond donors (Lipinski definition) is 2. The fourth-order valence-corrected chi connectivity index (χ4v) is 4.02. The van der Waals surface area contributed by atoms with Crippen LogP contribution >= 0.6 is 0 Å². The summed E-state index contributed by atoms with van der Waals surface area (Å²) in [6.07, 6.45) is 3.98. The maximum Gasteiger partial charge on any atom is 0.264 e. The van der Waals surface area contributed by atoms with Crippen LogP contribution in [0, 0.1) is 0 Å². The Morgan fingerprint density at radius 3 is 2.45 bits per heavy atom. The number of hydrogen-bond acceptors (Lipinski definition) is 7. The molecule has 2 heterocycles. The molecule has 0 saturated heterocycles. The van der Waals surface area contributed by atoms with Crippen LogP contribution in [-0.4, -0.2) is 40.1 Å². The molecule has 0 aliphatic carbocycles. The Labute approximate surface area is 191 Å². The molecule has 2 N–H and O–H groups in total. The Balaban J connectivity index is 1.70. The van der Waals surface area contributed by atoms with Gasteiger partial charge in [-0.2, -0.15) is 0 Å². The van der Waals surface area contributed by atoms with Gasteiger partial charge in [0.1, 0.15) is 12.4 Å². The van der Waals surface area contributed by atoms with Crippen LogP contribution in [0.1, 0.15) is 19.0 Å². The Morgan fingerprint density at radius 1 is 1.15 bits per heavy atom. The lowest BCUT2D eigenvalue weighted by Gasteiger charge is -2.25. The highest BCUT2D eigenvalue weighted by atomic mass is 32.2. The third-order valence-corrected chi connectivity index (χ3v) is 7.55. The number of hydroxylamine groups is 1. The number of benzene rings is 1. The van der Waals surface area contributed by atoms with E-state index in [0.717, 1.165) is 17.5 Å². The maximum absolute atomic E-state index is 12.6. The standard InChI is InChI=1S/C23H25N3O6S/c1-23(22(28)25-29,33(2,30)31)11-14-26-13-10-18(15-21(26)27)17-6-8-20(9-7-17)32-16-19-5-3-4-12-24-19/h3-10,12-13,15,29H,11,14,16H2,1-2H3,(H,25,28). The molecule has 9 nitrogen and oxygen atoms in total. The molecule has 0 fully saturated rings. The minimum absolute atomic E-state index is 0.0175.